The van der Waals surface area contributed by atoms with Gasteiger partial charge in [-0.2, -0.15) is 0 Å². The van der Waals surface area contributed by atoms with Crippen molar-refractivity contribution in [2.75, 3.05) is 20.3 Å². The van der Waals surface area contributed by atoms with E-state index in [1.165, 1.54) is 0 Å². The van der Waals surface area contributed by atoms with Gasteiger partial charge >= 0.3 is 0 Å². The van der Waals surface area contributed by atoms with Crippen LogP contribution in [-0.2, 0) is 9.53 Å². The molecular formula is C11H12BrNO3. The Hall–Kier alpha value is -1.07. The van der Waals surface area contributed by atoms with Gasteiger partial charge in [-0.3, -0.25) is 4.79 Å². The van der Waals surface area contributed by atoms with E-state index in [2.05, 4.69) is 21.2 Å². The number of ether oxygens (including phenoxy) is 2. The van der Waals surface area contributed by atoms with Crippen molar-refractivity contribution < 1.29 is 14.3 Å². The molecule has 1 atom stereocenters. The number of hydrogen-bond donors (Lipinski definition) is 1. The molecule has 1 amide bonds. The van der Waals surface area contributed by atoms with E-state index >= 15 is 0 Å². The largest absolute Gasteiger partial charge is 0.496 e. The Kier molecular flexibility index (Phi) is 3.46. The zero-order valence-corrected chi connectivity index (χ0v) is 10.4. The van der Waals surface area contributed by atoms with Gasteiger partial charge in [0.1, 0.15) is 18.5 Å². The summed E-state index contributed by atoms with van der Waals surface area (Å²) in [4.78, 5) is 10.9. The third-order valence-electron chi connectivity index (χ3n) is 2.45. The third kappa shape index (κ3) is 2.36. The van der Waals surface area contributed by atoms with Gasteiger partial charge in [-0.05, 0) is 33.6 Å². The van der Waals surface area contributed by atoms with Crippen molar-refractivity contribution >= 4 is 21.8 Å². The molecule has 0 saturated carbocycles. The maximum absolute atomic E-state index is 10.9. The van der Waals surface area contributed by atoms with Gasteiger partial charge < -0.3 is 14.8 Å². The molecule has 5 heteroatoms. The van der Waals surface area contributed by atoms with Crippen LogP contribution in [0.5, 0.6) is 5.75 Å². The molecule has 4 nitrogen and oxygen atoms in total. The fourth-order valence-electron chi connectivity index (χ4n) is 1.59. The molecule has 1 aromatic rings. The highest BCUT2D eigenvalue weighted by molar-refractivity contribution is 9.10. The Morgan fingerprint density at radius 1 is 1.56 bits per heavy atom. The van der Waals surface area contributed by atoms with Gasteiger partial charge in [0.05, 0.1) is 11.6 Å². The number of morpholine rings is 1. The summed E-state index contributed by atoms with van der Waals surface area (Å²) < 4.78 is 11.5. The van der Waals surface area contributed by atoms with Gasteiger partial charge in [0.25, 0.3) is 0 Å². The highest BCUT2D eigenvalue weighted by Gasteiger charge is 2.20. The van der Waals surface area contributed by atoms with E-state index in [4.69, 9.17) is 9.47 Å². The van der Waals surface area contributed by atoms with Gasteiger partial charge in [0, 0.05) is 6.54 Å². The van der Waals surface area contributed by atoms with E-state index < -0.39 is 0 Å². The summed E-state index contributed by atoms with van der Waals surface area (Å²) in [5.74, 6) is 0.715. The maximum Gasteiger partial charge on any atom is 0.246 e. The number of nitrogens with one attached hydrogen (secondary N) is 1. The molecule has 1 saturated heterocycles. The molecule has 1 fully saturated rings. The molecule has 0 spiro atoms. The first-order valence-electron chi connectivity index (χ1n) is 4.92. The summed E-state index contributed by atoms with van der Waals surface area (Å²) in [6.45, 7) is 0.631. The summed E-state index contributed by atoms with van der Waals surface area (Å²) in [5.41, 5.74) is 1.02. The van der Waals surface area contributed by atoms with Crippen LogP contribution in [0.2, 0.25) is 0 Å². The number of rotatable bonds is 2. The lowest BCUT2D eigenvalue weighted by Gasteiger charge is -2.23. The van der Waals surface area contributed by atoms with Crippen molar-refractivity contribution in [2.45, 2.75) is 6.10 Å². The number of carbonyl (C=O) groups excluding carboxylic acids is 1. The number of benzene rings is 1. The minimum atomic E-state index is -0.0834. The fraction of sp³-hybridized carbons (Fsp3) is 0.364. The monoisotopic (exact) mass is 285 g/mol. The average Bonchev–Trinajstić information content (AvgIpc) is 2.30. The van der Waals surface area contributed by atoms with Crippen LogP contribution in [0.3, 0.4) is 0 Å². The summed E-state index contributed by atoms with van der Waals surface area (Å²) in [5, 5.41) is 2.77. The van der Waals surface area contributed by atoms with E-state index in [1.807, 2.05) is 18.2 Å². The highest BCUT2D eigenvalue weighted by Crippen LogP contribution is 2.29. The number of halogens is 1. The molecule has 0 aliphatic carbocycles. The van der Waals surface area contributed by atoms with Crippen molar-refractivity contribution in [3.8, 4) is 5.75 Å². The van der Waals surface area contributed by atoms with E-state index in [0.29, 0.717) is 6.54 Å². The second kappa shape index (κ2) is 4.84. The molecule has 1 heterocycles. The Bertz CT molecular complexity index is 398. The predicted molar refractivity (Wildman–Crippen MR) is 62.4 cm³/mol. The van der Waals surface area contributed by atoms with Crippen LogP contribution >= 0.6 is 15.9 Å². The first kappa shape index (κ1) is 11.4. The molecule has 2 rings (SSSR count). The van der Waals surface area contributed by atoms with E-state index in [9.17, 15) is 4.79 Å². The quantitative estimate of drug-likeness (QED) is 0.899. The SMILES string of the molecule is COc1ccc(C2CNC(=O)CO2)cc1Br. The number of methoxy groups -OCH3 is 1. The number of amides is 1. The van der Waals surface area contributed by atoms with Gasteiger partial charge in [-0.15, -0.1) is 0 Å². The number of carbonyl (C=O) groups is 1. The fourth-order valence-corrected chi connectivity index (χ4v) is 2.15. The van der Waals surface area contributed by atoms with Crippen molar-refractivity contribution in [1.29, 1.82) is 0 Å². The van der Waals surface area contributed by atoms with Gasteiger partial charge in [0.15, 0.2) is 0 Å². The molecule has 1 aliphatic heterocycles. The maximum atomic E-state index is 10.9. The van der Waals surface area contributed by atoms with E-state index in [-0.39, 0.29) is 18.6 Å². The first-order valence-corrected chi connectivity index (χ1v) is 5.71. The van der Waals surface area contributed by atoms with Gasteiger partial charge in [0.2, 0.25) is 5.91 Å². The molecule has 86 valence electrons. The zero-order valence-electron chi connectivity index (χ0n) is 8.83. The molecule has 0 aromatic heterocycles. The molecule has 1 aliphatic rings. The normalized spacial score (nSPS) is 20.4. The van der Waals surface area contributed by atoms with Crippen LogP contribution in [-0.4, -0.2) is 26.2 Å². The van der Waals surface area contributed by atoms with Crippen molar-refractivity contribution in [2.24, 2.45) is 0 Å². The minimum absolute atomic E-state index is 0.0659. The lowest BCUT2D eigenvalue weighted by Crippen LogP contribution is -2.38. The minimum Gasteiger partial charge on any atom is -0.496 e. The van der Waals surface area contributed by atoms with E-state index in [1.54, 1.807) is 7.11 Å². The van der Waals surface area contributed by atoms with Crippen molar-refractivity contribution in [3.05, 3.63) is 28.2 Å². The Balaban J connectivity index is 2.15. The lowest BCUT2D eigenvalue weighted by molar-refractivity contribution is -0.133. The summed E-state index contributed by atoms with van der Waals surface area (Å²) in [6, 6.07) is 5.76. The van der Waals surface area contributed by atoms with Gasteiger partial charge in [-0.25, -0.2) is 0 Å². The lowest BCUT2D eigenvalue weighted by atomic mass is 10.1. The van der Waals surface area contributed by atoms with Crippen LogP contribution in [0.15, 0.2) is 22.7 Å². The first-order chi connectivity index (χ1) is 7.70. The van der Waals surface area contributed by atoms with Crippen LogP contribution in [0, 0.1) is 0 Å². The molecule has 1 aromatic carbocycles. The van der Waals surface area contributed by atoms with Crippen LogP contribution in [0.4, 0.5) is 0 Å². The molecule has 1 N–H and O–H groups in total. The Morgan fingerprint density at radius 3 is 2.94 bits per heavy atom. The molecule has 16 heavy (non-hydrogen) atoms. The summed E-state index contributed by atoms with van der Waals surface area (Å²) in [7, 11) is 1.62. The highest BCUT2D eigenvalue weighted by atomic mass is 79.9. The van der Waals surface area contributed by atoms with Crippen LogP contribution in [0.25, 0.3) is 0 Å². The van der Waals surface area contributed by atoms with E-state index in [0.717, 1.165) is 15.8 Å². The number of hydrogen-bond acceptors (Lipinski definition) is 3. The van der Waals surface area contributed by atoms with Crippen molar-refractivity contribution in [3.63, 3.8) is 0 Å². The van der Waals surface area contributed by atoms with Crippen LogP contribution in [0.1, 0.15) is 11.7 Å². The second-order valence-corrected chi connectivity index (χ2v) is 4.35. The smallest absolute Gasteiger partial charge is 0.246 e. The average molecular weight is 286 g/mol. The third-order valence-corrected chi connectivity index (χ3v) is 3.07. The molecule has 0 radical (unpaired) electrons. The van der Waals surface area contributed by atoms with Crippen LogP contribution < -0.4 is 10.1 Å². The second-order valence-electron chi connectivity index (χ2n) is 3.50. The Labute approximate surface area is 102 Å². The molecule has 1 unspecified atom stereocenters. The molecular weight excluding hydrogens is 274 g/mol. The van der Waals surface area contributed by atoms with Gasteiger partial charge in [-0.1, -0.05) is 6.07 Å². The van der Waals surface area contributed by atoms with Crippen molar-refractivity contribution in [1.82, 2.24) is 5.32 Å². The predicted octanol–water partition coefficient (Wildman–Crippen LogP) is 1.65. The summed E-state index contributed by atoms with van der Waals surface area (Å²) in [6.07, 6.45) is -0.0834. The zero-order chi connectivity index (χ0) is 11.5. The summed E-state index contributed by atoms with van der Waals surface area (Å²) >= 11 is 3.42. The standard InChI is InChI=1S/C11H12BrNO3/c1-15-9-3-2-7(4-8(9)12)10-5-13-11(14)6-16-10/h2-4,10H,5-6H2,1H3,(H,13,14). The topological polar surface area (TPSA) is 47.6 Å². The Morgan fingerprint density at radius 2 is 2.38 bits per heavy atom. The molecule has 0 bridgehead atoms.